The maximum atomic E-state index is 5.74. The normalized spacial score (nSPS) is 11.8. The van der Waals surface area contributed by atoms with Crippen LogP contribution in [-0.4, -0.2) is 6.54 Å². The molecule has 0 heterocycles. The molecular formula is C14H22ClN. The molecule has 0 aliphatic rings. The van der Waals surface area contributed by atoms with Crippen molar-refractivity contribution in [1.29, 1.82) is 0 Å². The highest BCUT2D eigenvalue weighted by molar-refractivity contribution is 6.17. The van der Waals surface area contributed by atoms with E-state index < -0.39 is 0 Å². The Labute approximate surface area is 104 Å². The molecule has 1 aromatic carbocycles. The average molecular weight is 240 g/mol. The lowest BCUT2D eigenvalue weighted by atomic mass is 9.92. The summed E-state index contributed by atoms with van der Waals surface area (Å²) in [5, 5.41) is 3.46. The Morgan fingerprint density at radius 1 is 1.06 bits per heavy atom. The smallest absolute Gasteiger partial charge is 0.0474 e. The second-order valence-corrected chi connectivity index (χ2v) is 5.70. The van der Waals surface area contributed by atoms with Crippen LogP contribution in [0.5, 0.6) is 0 Å². The summed E-state index contributed by atoms with van der Waals surface area (Å²) < 4.78 is 0. The van der Waals surface area contributed by atoms with E-state index in [0.29, 0.717) is 11.3 Å². The highest BCUT2D eigenvalue weighted by Gasteiger charge is 2.08. The van der Waals surface area contributed by atoms with Crippen LogP contribution in [0, 0.1) is 5.41 Å². The van der Waals surface area contributed by atoms with Gasteiger partial charge in [-0.3, -0.25) is 0 Å². The van der Waals surface area contributed by atoms with Crippen LogP contribution >= 0.6 is 11.6 Å². The van der Waals surface area contributed by atoms with Crippen molar-refractivity contribution in [2.24, 2.45) is 5.41 Å². The molecule has 1 rings (SSSR count). The van der Waals surface area contributed by atoms with Crippen molar-refractivity contribution in [3.63, 3.8) is 0 Å². The minimum atomic E-state index is 0.412. The van der Waals surface area contributed by atoms with Gasteiger partial charge in [-0.15, -0.1) is 11.6 Å². The molecule has 0 spiro atoms. The van der Waals surface area contributed by atoms with Crippen LogP contribution in [0.25, 0.3) is 0 Å². The third-order valence-electron chi connectivity index (χ3n) is 2.56. The molecule has 0 fully saturated rings. The third-order valence-corrected chi connectivity index (χ3v) is 2.87. The van der Waals surface area contributed by atoms with Crippen molar-refractivity contribution in [2.75, 3.05) is 6.54 Å². The fourth-order valence-corrected chi connectivity index (χ4v) is 1.62. The van der Waals surface area contributed by atoms with Crippen LogP contribution in [-0.2, 0) is 12.4 Å². The average Bonchev–Trinajstić information content (AvgIpc) is 2.24. The van der Waals surface area contributed by atoms with E-state index in [4.69, 9.17) is 11.6 Å². The first-order valence-corrected chi connectivity index (χ1v) is 6.39. The standard InChI is InChI=1S/C14H22ClN/c1-14(2,3)8-9-16-11-13-6-4-12(10-15)5-7-13/h4-7,16H,8-11H2,1-3H3. The van der Waals surface area contributed by atoms with E-state index >= 15 is 0 Å². The molecule has 1 aromatic rings. The van der Waals surface area contributed by atoms with Gasteiger partial charge in [0.1, 0.15) is 0 Å². The van der Waals surface area contributed by atoms with Gasteiger partial charge in [-0.25, -0.2) is 0 Å². The molecule has 0 atom stereocenters. The molecule has 2 heteroatoms. The van der Waals surface area contributed by atoms with Gasteiger partial charge in [0.25, 0.3) is 0 Å². The fourth-order valence-electron chi connectivity index (χ4n) is 1.44. The zero-order chi connectivity index (χ0) is 12.0. The summed E-state index contributed by atoms with van der Waals surface area (Å²) in [5.41, 5.74) is 2.91. The van der Waals surface area contributed by atoms with Crippen LogP contribution in [0.4, 0.5) is 0 Å². The Kier molecular flexibility index (Phi) is 5.30. The summed E-state index contributed by atoms with van der Waals surface area (Å²) in [6, 6.07) is 8.46. The number of rotatable bonds is 5. The summed E-state index contributed by atoms with van der Waals surface area (Å²) in [7, 11) is 0. The predicted octanol–water partition coefficient (Wildman–Crippen LogP) is 3.95. The number of halogens is 1. The van der Waals surface area contributed by atoms with Gasteiger partial charge in [-0.05, 0) is 29.5 Å². The van der Waals surface area contributed by atoms with E-state index in [9.17, 15) is 0 Å². The quantitative estimate of drug-likeness (QED) is 0.606. The van der Waals surface area contributed by atoms with Gasteiger partial charge in [0.15, 0.2) is 0 Å². The largest absolute Gasteiger partial charge is 0.313 e. The van der Waals surface area contributed by atoms with E-state index in [1.54, 1.807) is 0 Å². The van der Waals surface area contributed by atoms with Gasteiger partial charge in [0.2, 0.25) is 0 Å². The maximum absolute atomic E-state index is 5.74. The molecule has 1 N–H and O–H groups in total. The molecule has 0 bridgehead atoms. The lowest BCUT2D eigenvalue weighted by Gasteiger charge is -2.18. The Morgan fingerprint density at radius 3 is 2.12 bits per heavy atom. The highest BCUT2D eigenvalue weighted by Crippen LogP contribution is 2.17. The molecule has 0 saturated heterocycles. The summed E-state index contributed by atoms with van der Waals surface area (Å²) in [5.74, 6) is 0.595. The van der Waals surface area contributed by atoms with Crippen molar-refractivity contribution in [3.05, 3.63) is 35.4 Å². The first kappa shape index (κ1) is 13.5. The van der Waals surface area contributed by atoms with Gasteiger partial charge in [-0.2, -0.15) is 0 Å². The molecule has 0 radical (unpaired) electrons. The monoisotopic (exact) mass is 239 g/mol. The van der Waals surface area contributed by atoms with E-state index in [1.165, 1.54) is 17.5 Å². The van der Waals surface area contributed by atoms with Crippen LogP contribution in [0.2, 0.25) is 0 Å². The number of hydrogen-bond donors (Lipinski definition) is 1. The van der Waals surface area contributed by atoms with Crippen molar-refractivity contribution in [2.45, 2.75) is 39.6 Å². The zero-order valence-electron chi connectivity index (χ0n) is 10.5. The van der Waals surface area contributed by atoms with Gasteiger partial charge in [-0.1, -0.05) is 45.0 Å². The summed E-state index contributed by atoms with van der Waals surface area (Å²) in [4.78, 5) is 0. The molecular weight excluding hydrogens is 218 g/mol. The number of benzene rings is 1. The molecule has 90 valence electrons. The van der Waals surface area contributed by atoms with E-state index in [2.05, 4.69) is 50.4 Å². The van der Waals surface area contributed by atoms with Gasteiger partial charge < -0.3 is 5.32 Å². The van der Waals surface area contributed by atoms with Gasteiger partial charge in [0, 0.05) is 12.4 Å². The molecule has 0 aliphatic carbocycles. The van der Waals surface area contributed by atoms with E-state index in [-0.39, 0.29) is 0 Å². The molecule has 0 saturated carbocycles. The van der Waals surface area contributed by atoms with Crippen molar-refractivity contribution >= 4 is 11.6 Å². The van der Waals surface area contributed by atoms with Crippen molar-refractivity contribution in [3.8, 4) is 0 Å². The maximum Gasteiger partial charge on any atom is 0.0474 e. The Balaban J connectivity index is 2.27. The molecule has 16 heavy (non-hydrogen) atoms. The number of nitrogens with one attached hydrogen (secondary N) is 1. The summed E-state index contributed by atoms with van der Waals surface area (Å²) in [6.07, 6.45) is 1.20. The predicted molar refractivity (Wildman–Crippen MR) is 71.8 cm³/mol. The van der Waals surface area contributed by atoms with Crippen molar-refractivity contribution in [1.82, 2.24) is 5.32 Å². The lowest BCUT2D eigenvalue weighted by molar-refractivity contribution is 0.366. The van der Waals surface area contributed by atoms with E-state index in [1.807, 2.05) is 0 Å². The minimum Gasteiger partial charge on any atom is -0.313 e. The Hall–Kier alpha value is -0.530. The SMILES string of the molecule is CC(C)(C)CCNCc1ccc(CCl)cc1. The lowest BCUT2D eigenvalue weighted by Crippen LogP contribution is -2.20. The van der Waals surface area contributed by atoms with Gasteiger partial charge >= 0.3 is 0 Å². The first-order chi connectivity index (χ1) is 7.51. The van der Waals surface area contributed by atoms with E-state index in [0.717, 1.165) is 13.1 Å². The summed E-state index contributed by atoms with van der Waals surface area (Å²) in [6.45, 7) is 8.82. The third kappa shape index (κ3) is 5.53. The van der Waals surface area contributed by atoms with Crippen molar-refractivity contribution < 1.29 is 0 Å². The molecule has 1 nitrogen and oxygen atoms in total. The molecule has 0 unspecified atom stereocenters. The second-order valence-electron chi connectivity index (χ2n) is 5.44. The molecule has 0 amide bonds. The molecule has 0 aliphatic heterocycles. The number of alkyl halides is 1. The minimum absolute atomic E-state index is 0.412. The van der Waals surface area contributed by atoms with Crippen LogP contribution in [0.15, 0.2) is 24.3 Å². The van der Waals surface area contributed by atoms with Crippen LogP contribution in [0.1, 0.15) is 38.3 Å². The Morgan fingerprint density at radius 2 is 1.62 bits per heavy atom. The molecule has 0 aromatic heterocycles. The first-order valence-electron chi connectivity index (χ1n) is 5.86. The fraction of sp³-hybridized carbons (Fsp3) is 0.571. The Bertz CT molecular complexity index is 298. The number of hydrogen-bond acceptors (Lipinski definition) is 1. The highest BCUT2D eigenvalue weighted by atomic mass is 35.5. The topological polar surface area (TPSA) is 12.0 Å². The zero-order valence-corrected chi connectivity index (χ0v) is 11.3. The van der Waals surface area contributed by atoms with Crippen LogP contribution < -0.4 is 5.32 Å². The van der Waals surface area contributed by atoms with Crippen LogP contribution in [0.3, 0.4) is 0 Å². The summed E-state index contributed by atoms with van der Waals surface area (Å²) >= 11 is 5.74. The second kappa shape index (κ2) is 6.27. The van der Waals surface area contributed by atoms with Gasteiger partial charge in [0.05, 0.1) is 0 Å².